The fourth-order valence-electron chi connectivity index (χ4n) is 2.40. The van der Waals surface area contributed by atoms with Gasteiger partial charge in [-0.2, -0.15) is 13.2 Å². The van der Waals surface area contributed by atoms with Crippen molar-refractivity contribution in [1.29, 1.82) is 0 Å². The molecule has 20 heavy (non-hydrogen) atoms. The largest absolute Gasteiger partial charge is 0.391 e. The number of carbonyl (C=O) groups is 1. The van der Waals surface area contributed by atoms with Gasteiger partial charge in [0.1, 0.15) is 0 Å². The Kier molecular flexibility index (Phi) is 4.10. The molecule has 1 saturated carbocycles. The van der Waals surface area contributed by atoms with Crippen LogP contribution in [0.25, 0.3) is 0 Å². The fraction of sp³-hybridized carbons (Fsp3) is 0.583. The average Bonchev–Trinajstić information content (AvgIpc) is 2.38. The zero-order valence-electron chi connectivity index (χ0n) is 10.7. The lowest BCUT2D eigenvalue weighted by Gasteiger charge is -2.30. The van der Waals surface area contributed by atoms with E-state index >= 15 is 0 Å². The Balaban J connectivity index is 2.00. The van der Waals surface area contributed by atoms with E-state index in [1.807, 2.05) is 0 Å². The van der Waals surface area contributed by atoms with E-state index < -0.39 is 24.0 Å². The second kappa shape index (κ2) is 5.64. The summed E-state index contributed by atoms with van der Waals surface area (Å²) in [5.41, 5.74) is 5.45. The highest BCUT2D eigenvalue weighted by atomic mass is 19.4. The van der Waals surface area contributed by atoms with Crippen molar-refractivity contribution < 1.29 is 18.0 Å². The molecule has 0 aromatic carbocycles. The molecule has 1 amide bonds. The van der Waals surface area contributed by atoms with Crippen LogP contribution in [-0.2, 0) is 0 Å². The van der Waals surface area contributed by atoms with Gasteiger partial charge in [-0.05, 0) is 19.3 Å². The third-order valence-electron chi connectivity index (χ3n) is 3.41. The molecule has 1 aliphatic rings. The second-order valence-electron chi connectivity index (χ2n) is 4.87. The molecule has 1 fully saturated rings. The van der Waals surface area contributed by atoms with Gasteiger partial charge in [-0.3, -0.25) is 4.79 Å². The molecular formula is C12H15F3N4O. The first-order chi connectivity index (χ1) is 9.38. The number of rotatable bonds is 2. The van der Waals surface area contributed by atoms with E-state index in [2.05, 4.69) is 15.3 Å². The number of nitrogens with two attached hydrogens (primary N) is 1. The zero-order valence-corrected chi connectivity index (χ0v) is 10.7. The molecule has 0 radical (unpaired) electrons. The SMILES string of the molecule is Nc1nccnc1C(=O)N[C@@H]1CCC[C@H](C(F)(F)F)C1. The summed E-state index contributed by atoms with van der Waals surface area (Å²) in [5.74, 6) is -1.97. The number of nitrogens with zero attached hydrogens (tertiary/aromatic N) is 2. The molecule has 0 bridgehead atoms. The Morgan fingerprint density at radius 1 is 1.30 bits per heavy atom. The normalized spacial score (nSPS) is 23.4. The molecular weight excluding hydrogens is 273 g/mol. The summed E-state index contributed by atoms with van der Waals surface area (Å²) in [6.45, 7) is 0. The molecule has 1 aromatic rings. The molecule has 1 aliphatic carbocycles. The molecule has 3 N–H and O–H groups in total. The maximum Gasteiger partial charge on any atom is 0.391 e. The quantitative estimate of drug-likeness (QED) is 0.871. The molecule has 1 aromatic heterocycles. The first-order valence-corrected chi connectivity index (χ1v) is 6.32. The van der Waals surface area contributed by atoms with Crippen molar-refractivity contribution in [1.82, 2.24) is 15.3 Å². The number of nitrogens with one attached hydrogen (secondary N) is 1. The van der Waals surface area contributed by atoms with Gasteiger partial charge in [0.05, 0.1) is 5.92 Å². The number of hydrogen-bond acceptors (Lipinski definition) is 4. The van der Waals surface area contributed by atoms with Gasteiger partial charge in [-0.15, -0.1) is 0 Å². The highest BCUT2D eigenvalue weighted by Gasteiger charge is 2.42. The van der Waals surface area contributed by atoms with Crippen LogP contribution in [-0.4, -0.2) is 28.1 Å². The summed E-state index contributed by atoms with van der Waals surface area (Å²) < 4.78 is 38.1. The Hall–Kier alpha value is -1.86. The third-order valence-corrected chi connectivity index (χ3v) is 3.41. The number of aromatic nitrogens is 2. The van der Waals surface area contributed by atoms with Crippen molar-refractivity contribution in [2.75, 3.05) is 5.73 Å². The minimum atomic E-state index is -4.21. The lowest BCUT2D eigenvalue weighted by atomic mass is 9.85. The topological polar surface area (TPSA) is 80.9 Å². The number of nitrogen functional groups attached to an aromatic ring is 1. The van der Waals surface area contributed by atoms with Gasteiger partial charge in [-0.25, -0.2) is 9.97 Å². The highest BCUT2D eigenvalue weighted by Crippen LogP contribution is 2.37. The van der Waals surface area contributed by atoms with Gasteiger partial charge in [0.2, 0.25) is 0 Å². The number of alkyl halides is 3. The summed E-state index contributed by atoms with van der Waals surface area (Å²) in [6, 6.07) is -0.510. The van der Waals surface area contributed by atoms with Crippen molar-refractivity contribution >= 4 is 11.7 Å². The van der Waals surface area contributed by atoms with Crippen LogP contribution in [0.15, 0.2) is 12.4 Å². The standard InChI is InChI=1S/C12H15F3N4O/c13-12(14,15)7-2-1-3-8(6-7)19-11(20)9-10(16)18-5-4-17-9/h4-5,7-8H,1-3,6H2,(H2,16,18)(H,19,20)/t7-,8+/m0/s1. The van der Waals surface area contributed by atoms with E-state index in [0.29, 0.717) is 12.8 Å². The maximum absolute atomic E-state index is 12.7. The van der Waals surface area contributed by atoms with Crippen molar-refractivity contribution in [3.05, 3.63) is 18.1 Å². The average molecular weight is 288 g/mol. The summed E-state index contributed by atoms with van der Waals surface area (Å²) >= 11 is 0. The summed E-state index contributed by atoms with van der Waals surface area (Å²) in [4.78, 5) is 19.4. The maximum atomic E-state index is 12.7. The van der Waals surface area contributed by atoms with E-state index in [-0.39, 0.29) is 24.4 Å². The summed E-state index contributed by atoms with van der Waals surface area (Å²) in [7, 11) is 0. The first kappa shape index (κ1) is 14.5. The van der Waals surface area contributed by atoms with Gasteiger partial charge in [-0.1, -0.05) is 6.42 Å². The number of amides is 1. The van der Waals surface area contributed by atoms with E-state index in [4.69, 9.17) is 5.73 Å². The molecule has 5 nitrogen and oxygen atoms in total. The number of halogens is 3. The van der Waals surface area contributed by atoms with Crippen LogP contribution >= 0.6 is 0 Å². The number of hydrogen-bond donors (Lipinski definition) is 2. The third kappa shape index (κ3) is 3.37. The van der Waals surface area contributed by atoms with E-state index in [9.17, 15) is 18.0 Å². The van der Waals surface area contributed by atoms with Crippen LogP contribution in [0.1, 0.15) is 36.2 Å². The second-order valence-corrected chi connectivity index (χ2v) is 4.87. The molecule has 0 saturated heterocycles. The van der Waals surface area contributed by atoms with Gasteiger partial charge >= 0.3 is 6.18 Å². The van der Waals surface area contributed by atoms with Crippen LogP contribution in [0.2, 0.25) is 0 Å². The van der Waals surface area contributed by atoms with Crippen LogP contribution < -0.4 is 11.1 Å². The predicted molar refractivity (Wildman–Crippen MR) is 65.7 cm³/mol. The molecule has 0 aliphatic heterocycles. The van der Waals surface area contributed by atoms with E-state index in [1.165, 1.54) is 12.4 Å². The zero-order chi connectivity index (χ0) is 14.8. The van der Waals surface area contributed by atoms with Gasteiger partial charge < -0.3 is 11.1 Å². The van der Waals surface area contributed by atoms with Crippen LogP contribution in [0.5, 0.6) is 0 Å². The number of anilines is 1. The Morgan fingerprint density at radius 3 is 2.65 bits per heavy atom. The monoisotopic (exact) mass is 288 g/mol. The fourth-order valence-corrected chi connectivity index (χ4v) is 2.40. The van der Waals surface area contributed by atoms with Gasteiger partial charge in [0.25, 0.3) is 5.91 Å². The molecule has 0 spiro atoms. The van der Waals surface area contributed by atoms with E-state index in [0.717, 1.165) is 0 Å². The summed E-state index contributed by atoms with van der Waals surface area (Å²) in [5, 5.41) is 2.56. The van der Waals surface area contributed by atoms with Crippen molar-refractivity contribution in [2.45, 2.75) is 37.9 Å². The van der Waals surface area contributed by atoms with Crippen LogP contribution in [0.4, 0.5) is 19.0 Å². The molecule has 2 rings (SSSR count). The Labute approximate surface area is 113 Å². The lowest BCUT2D eigenvalue weighted by Crippen LogP contribution is -2.42. The highest BCUT2D eigenvalue weighted by molar-refractivity contribution is 5.96. The predicted octanol–water partition coefficient (Wildman–Crippen LogP) is 1.91. The van der Waals surface area contributed by atoms with Gasteiger partial charge in [0.15, 0.2) is 11.5 Å². The summed E-state index contributed by atoms with van der Waals surface area (Å²) in [6.07, 6.45) is -0.589. The Morgan fingerprint density at radius 2 is 2.00 bits per heavy atom. The minimum Gasteiger partial charge on any atom is -0.382 e. The van der Waals surface area contributed by atoms with Crippen molar-refractivity contribution in [2.24, 2.45) is 5.92 Å². The van der Waals surface area contributed by atoms with E-state index in [1.54, 1.807) is 0 Å². The van der Waals surface area contributed by atoms with Gasteiger partial charge in [0, 0.05) is 18.4 Å². The molecule has 8 heteroatoms. The Bertz CT molecular complexity index is 492. The first-order valence-electron chi connectivity index (χ1n) is 6.32. The number of carbonyl (C=O) groups excluding carboxylic acids is 1. The van der Waals surface area contributed by atoms with Crippen molar-refractivity contribution in [3.8, 4) is 0 Å². The lowest BCUT2D eigenvalue weighted by molar-refractivity contribution is -0.183. The van der Waals surface area contributed by atoms with Crippen LogP contribution in [0.3, 0.4) is 0 Å². The smallest absolute Gasteiger partial charge is 0.382 e. The minimum absolute atomic E-state index is 0.0341. The van der Waals surface area contributed by atoms with Crippen LogP contribution in [0, 0.1) is 5.92 Å². The molecule has 2 atom stereocenters. The van der Waals surface area contributed by atoms with Crippen molar-refractivity contribution in [3.63, 3.8) is 0 Å². The molecule has 1 heterocycles. The molecule has 110 valence electrons. The molecule has 0 unspecified atom stereocenters.